The summed E-state index contributed by atoms with van der Waals surface area (Å²) in [6, 6.07) is 6.17. The van der Waals surface area contributed by atoms with Crippen LogP contribution in [-0.4, -0.2) is 36.8 Å². The summed E-state index contributed by atoms with van der Waals surface area (Å²) in [5.41, 5.74) is 2.12. The van der Waals surface area contributed by atoms with Gasteiger partial charge in [0.05, 0.1) is 12.7 Å². The maximum atomic E-state index is 8.86. The van der Waals surface area contributed by atoms with Gasteiger partial charge in [-0.15, -0.1) is 0 Å². The SMILES string of the molecule is COc1ccc(CN2CCCCCCC2)cc1C#CCO. The maximum absolute atomic E-state index is 8.86. The van der Waals surface area contributed by atoms with Crippen LogP contribution in [0.3, 0.4) is 0 Å². The van der Waals surface area contributed by atoms with Crippen LogP contribution in [0, 0.1) is 11.8 Å². The third kappa shape index (κ3) is 5.08. The Morgan fingerprint density at radius 1 is 1.14 bits per heavy atom. The molecule has 1 fully saturated rings. The van der Waals surface area contributed by atoms with E-state index in [1.165, 1.54) is 50.8 Å². The topological polar surface area (TPSA) is 32.7 Å². The van der Waals surface area contributed by atoms with Crippen molar-refractivity contribution in [3.8, 4) is 17.6 Å². The van der Waals surface area contributed by atoms with Crippen LogP contribution < -0.4 is 4.74 Å². The lowest BCUT2D eigenvalue weighted by molar-refractivity contribution is 0.239. The number of aliphatic hydroxyl groups excluding tert-OH is 1. The Labute approximate surface area is 127 Å². The van der Waals surface area contributed by atoms with Crippen molar-refractivity contribution >= 4 is 0 Å². The highest BCUT2D eigenvalue weighted by Gasteiger charge is 2.10. The standard InChI is InChI=1S/C18H25NO2/c1-21-18-10-9-16(14-17(18)8-7-13-20)15-19-11-5-3-2-4-6-12-19/h9-10,14,20H,2-6,11-13,15H2,1H3. The number of ether oxygens (including phenoxy) is 1. The smallest absolute Gasteiger partial charge is 0.134 e. The molecule has 1 aliphatic rings. The fraction of sp³-hybridized carbons (Fsp3) is 0.556. The van der Waals surface area contributed by atoms with Gasteiger partial charge in [0, 0.05) is 6.54 Å². The Hall–Kier alpha value is -1.50. The van der Waals surface area contributed by atoms with Gasteiger partial charge in [-0.25, -0.2) is 0 Å². The van der Waals surface area contributed by atoms with Crippen molar-refractivity contribution in [3.63, 3.8) is 0 Å². The summed E-state index contributed by atoms with van der Waals surface area (Å²) in [5, 5.41) is 8.86. The van der Waals surface area contributed by atoms with Crippen LogP contribution in [0.2, 0.25) is 0 Å². The molecular formula is C18H25NO2. The summed E-state index contributed by atoms with van der Waals surface area (Å²) >= 11 is 0. The molecular weight excluding hydrogens is 262 g/mol. The third-order valence-electron chi connectivity index (χ3n) is 3.92. The molecule has 1 aromatic rings. The molecule has 0 atom stereocenters. The van der Waals surface area contributed by atoms with Gasteiger partial charge < -0.3 is 9.84 Å². The summed E-state index contributed by atoms with van der Waals surface area (Å²) in [7, 11) is 1.65. The predicted octanol–water partition coefficient (Wildman–Crippen LogP) is 2.81. The van der Waals surface area contributed by atoms with Gasteiger partial charge in [0.15, 0.2) is 0 Å². The number of nitrogens with zero attached hydrogens (tertiary/aromatic N) is 1. The van der Waals surface area contributed by atoms with E-state index < -0.39 is 0 Å². The van der Waals surface area contributed by atoms with Crippen molar-refractivity contribution in [2.75, 3.05) is 26.8 Å². The fourth-order valence-corrected chi connectivity index (χ4v) is 2.82. The largest absolute Gasteiger partial charge is 0.495 e. The molecule has 0 radical (unpaired) electrons. The number of benzene rings is 1. The number of likely N-dealkylation sites (tertiary alicyclic amines) is 1. The average molecular weight is 287 g/mol. The van der Waals surface area contributed by atoms with Crippen LogP contribution in [0.1, 0.15) is 43.2 Å². The first-order valence-corrected chi connectivity index (χ1v) is 7.82. The van der Waals surface area contributed by atoms with Gasteiger partial charge in [-0.1, -0.05) is 37.2 Å². The first kappa shape index (κ1) is 15.9. The molecule has 3 nitrogen and oxygen atoms in total. The van der Waals surface area contributed by atoms with E-state index in [0.29, 0.717) is 0 Å². The number of rotatable bonds is 3. The monoisotopic (exact) mass is 287 g/mol. The minimum atomic E-state index is -0.125. The molecule has 1 N–H and O–H groups in total. The zero-order chi connectivity index (χ0) is 14.9. The van der Waals surface area contributed by atoms with Crippen LogP contribution in [0.5, 0.6) is 5.75 Å². The Kier molecular flexibility index (Phi) is 6.59. The molecule has 0 unspecified atom stereocenters. The molecule has 0 saturated carbocycles. The first-order valence-electron chi connectivity index (χ1n) is 7.82. The first-order chi connectivity index (χ1) is 10.3. The van der Waals surface area contributed by atoms with Crippen molar-refractivity contribution in [3.05, 3.63) is 29.3 Å². The summed E-state index contributed by atoms with van der Waals surface area (Å²) in [4.78, 5) is 2.53. The minimum absolute atomic E-state index is 0.125. The van der Waals surface area contributed by atoms with Gasteiger partial charge in [-0.2, -0.15) is 0 Å². The Balaban J connectivity index is 2.08. The molecule has 1 saturated heterocycles. The fourth-order valence-electron chi connectivity index (χ4n) is 2.82. The van der Waals surface area contributed by atoms with Crippen molar-refractivity contribution in [1.82, 2.24) is 4.90 Å². The molecule has 21 heavy (non-hydrogen) atoms. The summed E-state index contributed by atoms with van der Waals surface area (Å²) in [6.45, 7) is 3.21. The summed E-state index contributed by atoms with van der Waals surface area (Å²) < 4.78 is 5.33. The second-order valence-electron chi connectivity index (χ2n) is 5.54. The molecule has 0 aliphatic carbocycles. The highest BCUT2D eigenvalue weighted by atomic mass is 16.5. The van der Waals surface area contributed by atoms with E-state index >= 15 is 0 Å². The quantitative estimate of drug-likeness (QED) is 0.868. The van der Waals surface area contributed by atoms with E-state index in [9.17, 15) is 0 Å². The van der Waals surface area contributed by atoms with Crippen molar-refractivity contribution < 1.29 is 9.84 Å². The third-order valence-corrected chi connectivity index (χ3v) is 3.92. The van der Waals surface area contributed by atoms with Crippen LogP contribution in [0.15, 0.2) is 18.2 Å². The lowest BCUT2D eigenvalue weighted by Gasteiger charge is -2.24. The summed E-state index contributed by atoms with van der Waals surface area (Å²) in [5.74, 6) is 6.44. The zero-order valence-corrected chi connectivity index (χ0v) is 12.9. The molecule has 1 heterocycles. The predicted molar refractivity (Wildman–Crippen MR) is 85.3 cm³/mol. The Bertz CT molecular complexity index is 494. The molecule has 0 bridgehead atoms. The van der Waals surface area contributed by atoms with E-state index in [0.717, 1.165) is 17.9 Å². The second kappa shape index (κ2) is 8.71. The number of methoxy groups -OCH3 is 1. The normalized spacial score (nSPS) is 16.5. The summed E-state index contributed by atoms with van der Waals surface area (Å²) in [6.07, 6.45) is 6.69. The van der Waals surface area contributed by atoms with Gasteiger partial charge >= 0.3 is 0 Å². The zero-order valence-electron chi connectivity index (χ0n) is 12.9. The number of hydrogen-bond acceptors (Lipinski definition) is 3. The van der Waals surface area contributed by atoms with E-state index in [4.69, 9.17) is 9.84 Å². The average Bonchev–Trinajstić information content (AvgIpc) is 2.48. The molecule has 1 aliphatic heterocycles. The van der Waals surface area contributed by atoms with Crippen LogP contribution in [0.4, 0.5) is 0 Å². The molecule has 1 aromatic carbocycles. The lowest BCUT2D eigenvalue weighted by atomic mass is 10.1. The lowest BCUT2D eigenvalue weighted by Crippen LogP contribution is -2.26. The molecule has 2 rings (SSSR count). The molecule has 0 aromatic heterocycles. The van der Waals surface area contributed by atoms with Gasteiger partial charge in [-0.3, -0.25) is 4.90 Å². The van der Waals surface area contributed by atoms with Crippen molar-refractivity contribution in [2.24, 2.45) is 0 Å². The highest BCUT2D eigenvalue weighted by Crippen LogP contribution is 2.21. The van der Waals surface area contributed by atoms with E-state index in [1.54, 1.807) is 7.11 Å². The van der Waals surface area contributed by atoms with Crippen molar-refractivity contribution in [2.45, 2.75) is 38.6 Å². The highest BCUT2D eigenvalue weighted by molar-refractivity contribution is 5.48. The molecule has 3 heteroatoms. The van der Waals surface area contributed by atoms with E-state index in [-0.39, 0.29) is 6.61 Å². The molecule has 0 amide bonds. The Morgan fingerprint density at radius 2 is 1.86 bits per heavy atom. The molecule has 114 valence electrons. The van der Waals surface area contributed by atoms with Crippen molar-refractivity contribution in [1.29, 1.82) is 0 Å². The maximum Gasteiger partial charge on any atom is 0.134 e. The number of aliphatic hydroxyl groups is 1. The van der Waals surface area contributed by atoms with Gasteiger partial charge in [-0.05, 0) is 43.6 Å². The van der Waals surface area contributed by atoms with E-state index in [1.807, 2.05) is 6.07 Å². The van der Waals surface area contributed by atoms with Crippen LogP contribution in [0.25, 0.3) is 0 Å². The van der Waals surface area contributed by atoms with Gasteiger partial charge in [0.2, 0.25) is 0 Å². The number of hydrogen-bond donors (Lipinski definition) is 1. The van der Waals surface area contributed by atoms with Crippen LogP contribution in [-0.2, 0) is 6.54 Å². The van der Waals surface area contributed by atoms with Gasteiger partial charge in [0.25, 0.3) is 0 Å². The molecule has 0 spiro atoms. The second-order valence-corrected chi connectivity index (χ2v) is 5.54. The Morgan fingerprint density at radius 3 is 2.52 bits per heavy atom. The van der Waals surface area contributed by atoms with Gasteiger partial charge in [0.1, 0.15) is 12.4 Å². The van der Waals surface area contributed by atoms with Crippen LogP contribution >= 0.6 is 0 Å². The minimum Gasteiger partial charge on any atom is -0.495 e. The van der Waals surface area contributed by atoms with E-state index in [2.05, 4.69) is 28.9 Å².